The largest absolute Gasteiger partial charge is 0.476 e. The fourth-order valence-electron chi connectivity index (χ4n) is 3.67. The summed E-state index contributed by atoms with van der Waals surface area (Å²) in [6, 6.07) is 3.82. The van der Waals surface area contributed by atoms with Gasteiger partial charge in [-0.05, 0) is 36.3 Å². The molecule has 26 heavy (non-hydrogen) atoms. The van der Waals surface area contributed by atoms with Gasteiger partial charge in [-0.15, -0.1) is 11.3 Å². The SMILES string of the molecule is O=C(O)c1nn(CC2CC2)c2c1CN(C(=O)c1cc3sccc3[nH]1)CC2. The van der Waals surface area contributed by atoms with Crippen LogP contribution >= 0.6 is 11.3 Å². The molecular weight excluding hydrogens is 352 g/mol. The fraction of sp³-hybridized carbons (Fsp3) is 0.389. The highest BCUT2D eigenvalue weighted by Crippen LogP contribution is 2.33. The lowest BCUT2D eigenvalue weighted by molar-refractivity contribution is 0.0673. The fourth-order valence-corrected chi connectivity index (χ4v) is 4.45. The first-order valence-corrected chi connectivity index (χ1v) is 9.65. The summed E-state index contributed by atoms with van der Waals surface area (Å²) in [6.07, 6.45) is 3.01. The van der Waals surface area contributed by atoms with Crippen LogP contribution in [0.4, 0.5) is 0 Å². The van der Waals surface area contributed by atoms with Crippen LogP contribution in [0, 0.1) is 5.92 Å². The van der Waals surface area contributed by atoms with Crippen LogP contribution in [-0.4, -0.2) is 43.2 Å². The number of nitrogens with one attached hydrogen (secondary N) is 1. The van der Waals surface area contributed by atoms with Gasteiger partial charge >= 0.3 is 5.97 Å². The number of aromatic amines is 1. The number of hydrogen-bond acceptors (Lipinski definition) is 4. The molecule has 0 saturated heterocycles. The van der Waals surface area contributed by atoms with E-state index in [9.17, 15) is 14.7 Å². The Labute approximate surface area is 153 Å². The van der Waals surface area contributed by atoms with Crippen molar-refractivity contribution in [3.8, 4) is 0 Å². The summed E-state index contributed by atoms with van der Waals surface area (Å²) in [6.45, 7) is 1.66. The Kier molecular flexibility index (Phi) is 3.43. The number of rotatable bonds is 4. The predicted octanol–water partition coefficient (Wildman–Crippen LogP) is 2.73. The van der Waals surface area contributed by atoms with Crippen LogP contribution < -0.4 is 0 Å². The monoisotopic (exact) mass is 370 g/mol. The molecule has 0 aromatic carbocycles. The minimum Gasteiger partial charge on any atom is -0.476 e. The Morgan fingerprint density at radius 3 is 2.96 bits per heavy atom. The summed E-state index contributed by atoms with van der Waals surface area (Å²) >= 11 is 1.59. The summed E-state index contributed by atoms with van der Waals surface area (Å²) < 4.78 is 2.91. The average Bonchev–Trinajstić information content (AvgIpc) is 3.03. The van der Waals surface area contributed by atoms with E-state index in [1.54, 1.807) is 16.2 Å². The number of carboxylic acid groups (broad SMARTS) is 1. The molecule has 134 valence electrons. The third kappa shape index (κ3) is 2.52. The van der Waals surface area contributed by atoms with Crippen LogP contribution in [0.1, 0.15) is 45.1 Å². The molecule has 7 nitrogen and oxygen atoms in total. The predicted molar refractivity (Wildman–Crippen MR) is 96.5 cm³/mol. The number of H-pyrrole nitrogens is 1. The van der Waals surface area contributed by atoms with E-state index in [1.165, 1.54) is 12.8 Å². The molecule has 8 heteroatoms. The smallest absolute Gasteiger partial charge is 0.356 e. The molecular formula is C18H18N4O3S. The maximum Gasteiger partial charge on any atom is 0.356 e. The standard InChI is InChI=1S/C18H18N4O3S/c23-17(13-7-15-12(19-13)4-6-26-15)21-5-3-14-11(9-21)16(18(24)25)20-22(14)8-10-1-2-10/h4,6-7,10,19H,1-3,5,8-9H2,(H,24,25). The molecule has 1 saturated carbocycles. The van der Waals surface area contributed by atoms with Gasteiger partial charge in [0.15, 0.2) is 5.69 Å². The first-order chi connectivity index (χ1) is 12.6. The number of carbonyl (C=O) groups excluding carboxylic acids is 1. The summed E-state index contributed by atoms with van der Waals surface area (Å²) in [5, 5.41) is 15.8. The molecule has 0 atom stereocenters. The number of aromatic carboxylic acids is 1. The van der Waals surface area contributed by atoms with E-state index in [0.717, 1.165) is 22.5 Å². The van der Waals surface area contributed by atoms with Crippen LogP contribution in [0.25, 0.3) is 10.2 Å². The normalized spacial score (nSPS) is 16.8. The second kappa shape index (κ2) is 5.70. The Morgan fingerprint density at radius 2 is 2.23 bits per heavy atom. The van der Waals surface area contributed by atoms with Gasteiger partial charge in [0.2, 0.25) is 0 Å². The van der Waals surface area contributed by atoms with E-state index in [2.05, 4.69) is 10.1 Å². The van der Waals surface area contributed by atoms with Crippen LogP contribution in [0.15, 0.2) is 17.5 Å². The zero-order chi connectivity index (χ0) is 17.8. The molecule has 5 rings (SSSR count). The van der Waals surface area contributed by atoms with Gasteiger partial charge < -0.3 is 15.0 Å². The van der Waals surface area contributed by atoms with Crippen molar-refractivity contribution < 1.29 is 14.7 Å². The van der Waals surface area contributed by atoms with Crippen LogP contribution in [0.3, 0.4) is 0 Å². The van der Waals surface area contributed by atoms with Crippen molar-refractivity contribution in [3.63, 3.8) is 0 Å². The van der Waals surface area contributed by atoms with Crippen molar-refractivity contribution in [3.05, 3.63) is 40.2 Å². The van der Waals surface area contributed by atoms with Gasteiger partial charge in [0, 0.05) is 30.8 Å². The highest BCUT2D eigenvalue weighted by atomic mass is 32.1. The highest BCUT2D eigenvalue weighted by molar-refractivity contribution is 7.17. The maximum absolute atomic E-state index is 12.9. The number of thiophene rings is 1. The number of carbonyl (C=O) groups is 2. The van der Waals surface area contributed by atoms with Crippen molar-refractivity contribution in [1.29, 1.82) is 0 Å². The van der Waals surface area contributed by atoms with Gasteiger partial charge in [0.1, 0.15) is 5.69 Å². The number of nitrogens with zero attached hydrogens (tertiary/aromatic N) is 3. The zero-order valence-corrected chi connectivity index (χ0v) is 14.9. The summed E-state index contributed by atoms with van der Waals surface area (Å²) in [5.41, 5.74) is 3.26. The van der Waals surface area contributed by atoms with Crippen LogP contribution in [0.5, 0.6) is 0 Å². The molecule has 4 heterocycles. The van der Waals surface area contributed by atoms with E-state index < -0.39 is 5.97 Å². The quantitative estimate of drug-likeness (QED) is 0.739. The summed E-state index contributed by atoms with van der Waals surface area (Å²) in [4.78, 5) is 29.4. The Bertz CT molecular complexity index is 998. The number of amides is 1. The zero-order valence-electron chi connectivity index (χ0n) is 14.1. The first kappa shape index (κ1) is 15.6. The molecule has 0 radical (unpaired) electrons. The van der Waals surface area contributed by atoms with Gasteiger partial charge in [0.25, 0.3) is 5.91 Å². The van der Waals surface area contributed by atoms with Gasteiger partial charge in [-0.2, -0.15) is 5.10 Å². The first-order valence-electron chi connectivity index (χ1n) is 8.77. The number of fused-ring (bicyclic) bond motifs is 2. The lowest BCUT2D eigenvalue weighted by Crippen LogP contribution is -2.37. The molecule has 0 unspecified atom stereocenters. The van der Waals surface area contributed by atoms with Crippen molar-refractivity contribution in [1.82, 2.24) is 19.7 Å². The second-order valence-corrected chi connectivity index (χ2v) is 8.01. The van der Waals surface area contributed by atoms with Crippen LogP contribution in [0.2, 0.25) is 0 Å². The lowest BCUT2D eigenvalue weighted by atomic mass is 10.0. The van der Waals surface area contributed by atoms with Crippen molar-refractivity contribution in [2.24, 2.45) is 5.92 Å². The second-order valence-electron chi connectivity index (χ2n) is 7.06. The summed E-state index contributed by atoms with van der Waals surface area (Å²) in [7, 11) is 0. The maximum atomic E-state index is 12.9. The third-order valence-corrected chi connectivity index (χ3v) is 6.09. The minimum absolute atomic E-state index is 0.0885. The van der Waals surface area contributed by atoms with E-state index in [-0.39, 0.29) is 11.6 Å². The summed E-state index contributed by atoms with van der Waals surface area (Å²) in [5.74, 6) is -0.497. The Hall–Kier alpha value is -2.61. The Balaban J connectivity index is 1.44. The van der Waals surface area contributed by atoms with E-state index in [0.29, 0.717) is 36.7 Å². The van der Waals surface area contributed by atoms with Crippen molar-refractivity contribution in [2.45, 2.75) is 32.4 Å². The molecule has 2 N–H and O–H groups in total. The number of hydrogen-bond donors (Lipinski definition) is 2. The van der Waals surface area contributed by atoms with Crippen molar-refractivity contribution >= 4 is 33.4 Å². The number of aromatic nitrogens is 3. The minimum atomic E-state index is -1.02. The lowest BCUT2D eigenvalue weighted by Gasteiger charge is -2.27. The molecule has 1 aliphatic carbocycles. The van der Waals surface area contributed by atoms with E-state index >= 15 is 0 Å². The molecule has 2 aliphatic rings. The highest BCUT2D eigenvalue weighted by Gasteiger charge is 2.32. The average molecular weight is 370 g/mol. The molecule has 3 aromatic heterocycles. The van der Waals surface area contributed by atoms with Crippen LogP contribution in [-0.2, 0) is 19.5 Å². The molecule has 0 spiro atoms. The topological polar surface area (TPSA) is 91.2 Å². The van der Waals surface area contributed by atoms with E-state index in [1.807, 2.05) is 22.2 Å². The molecule has 3 aromatic rings. The van der Waals surface area contributed by atoms with Gasteiger partial charge in [0.05, 0.1) is 16.8 Å². The number of carboxylic acids is 1. The van der Waals surface area contributed by atoms with E-state index in [4.69, 9.17) is 0 Å². The molecule has 1 fully saturated rings. The van der Waals surface area contributed by atoms with Crippen molar-refractivity contribution in [2.75, 3.05) is 6.54 Å². The van der Waals surface area contributed by atoms with Gasteiger partial charge in [-0.25, -0.2) is 4.79 Å². The Morgan fingerprint density at radius 1 is 1.38 bits per heavy atom. The third-order valence-electron chi connectivity index (χ3n) is 5.22. The van der Waals surface area contributed by atoms with Gasteiger partial charge in [-0.3, -0.25) is 9.48 Å². The molecule has 1 aliphatic heterocycles. The van der Waals surface area contributed by atoms with Gasteiger partial charge in [-0.1, -0.05) is 0 Å². The molecule has 0 bridgehead atoms. The molecule has 1 amide bonds.